The highest BCUT2D eigenvalue weighted by atomic mass is 35.5. The second-order valence-electron chi connectivity index (χ2n) is 9.99. The molecule has 0 aliphatic carbocycles. The normalized spacial score (nSPS) is 11.8. The molecule has 4 rings (SSSR count). The summed E-state index contributed by atoms with van der Waals surface area (Å²) in [6.45, 7) is 8.13. The maximum absolute atomic E-state index is 13.1. The fourth-order valence-electron chi connectivity index (χ4n) is 3.72. The van der Waals surface area contributed by atoms with Crippen molar-refractivity contribution in [1.82, 2.24) is 20.2 Å². The predicted octanol–water partition coefficient (Wildman–Crippen LogP) is 7.46. The Balaban J connectivity index is 1.39. The number of aromatic amines is 1. The van der Waals surface area contributed by atoms with E-state index in [0.29, 0.717) is 23.8 Å². The van der Waals surface area contributed by atoms with Gasteiger partial charge in [0.2, 0.25) is 0 Å². The maximum atomic E-state index is 13.1. The van der Waals surface area contributed by atoms with Crippen molar-refractivity contribution in [2.24, 2.45) is 0 Å². The van der Waals surface area contributed by atoms with Crippen LogP contribution in [0.15, 0.2) is 54.7 Å². The number of hydrogen-bond acceptors (Lipinski definition) is 5. The van der Waals surface area contributed by atoms with Gasteiger partial charge >= 0.3 is 12.2 Å². The number of carbonyl (C=O) groups is 1. The third kappa shape index (κ3) is 7.26. The van der Waals surface area contributed by atoms with Crippen molar-refractivity contribution in [2.45, 2.75) is 45.7 Å². The second kappa shape index (κ2) is 10.9. The minimum absolute atomic E-state index is 0.0343. The molecule has 4 aromatic rings. The van der Waals surface area contributed by atoms with Gasteiger partial charge < -0.3 is 16.0 Å². The molecule has 204 valence electrons. The van der Waals surface area contributed by atoms with E-state index in [-0.39, 0.29) is 11.1 Å². The molecular weight excluding hydrogens is 531 g/mol. The number of benzene rings is 2. The van der Waals surface area contributed by atoms with Gasteiger partial charge in [-0.05, 0) is 54.4 Å². The molecule has 0 saturated heterocycles. The van der Waals surface area contributed by atoms with E-state index in [9.17, 15) is 18.0 Å². The molecule has 2 aromatic carbocycles. The van der Waals surface area contributed by atoms with Crippen molar-refractivity contribution in [3.63, 3.8) is 0 Å². The van der Waals surface area contributed by atoms with E-state index < -0.39 is 22.8 Å². The molecule has 0 aliphatic heterocycles. The lowest BCUT2D eigenvalue weighted by Gasteiger charge is -2.13. The molecule has 2 heterocycles. The number of rotatable bonds is 6. The highest BCUT2D eigenvalue weighted by molar-refractivity contribution is 6.31. The van der Waals surface area contributed by atoms with Crippen LogP contribution in [0.5, 0.6) is 0 Å². The summed E-state index contributed by atoms with van der Waals surface area (Å²) in [5, 5.41) is 15.1. The number of carbonyl (C=O) groups excluding carboxylic acids is 1. The molecule has 0 radical (unpaired) electrons. The molecule has 8 nitrogen and oxygen atoms in total. The summed E-state index contributed by atoms with van der Waals surface area (Å²) < 4.78 is 39.2. The molecule has 0 aliphatic rings. The van der Waals surface area contributed by atoms with Crippen LogP contribution in [0, 0.1) is 6.92 Å². The first-order valence-corrected chi connectivity index (χ1v) is 12.3. The Morgan fingerprint density at radius 2 is 1.69 bits per heavy atom. The molecule has 2 aromatic heterocycles. The Morgan fingerprint density at radius 3 is 2.33 bits per heavy atom. The van der Waals surface area contributed by atoms with Crippen molar-refractivity contribution in [1.29, 1.82) is 0 Å². The van der Waals surface area contributed by atoms with Crippen LogP contribution >= 0.6 is 11.6 Å². The average molecular weight is 558 g/mol. The number of anilines is 4. The summed E-state index contributed by atoms with van der Waals surface area (Å²) in [7, 11) is 0. The number of H-pyrrole nitrogens is 1. The zero-order valence-electron chi connectivity index (χ0n) is 21.7. The minimum Gasteiger partial charge on any atom is -0.325 e. The van der Waals surface area contributed by atoms with Gasteiger partial charge in [-0.3, -0.25) is 5.10 Å². The molecule has 0 spiro atoms. The number of nitrogens with zero attached hydrogens (tertiary/aromatic N) is 3. The summed E-state index contributed by atoms with van der Waals surface area (Å²) >= 11 is 5.63. The summed E-state index contributed by atoms with van der Waals surface area (Å²) in [6.07, 6.45) is -2.51. The Labute approximate surface area is 228 Å². The largest absolute Gasteiger partial charge is 0.417 e. The highest BCUT2D eigenvalue weighted by Gasteiger charge is 2.33. The SMILES string of the molecule is Cc1cc(NC(=O)Nc2ccc(Cl)c(C(F)(F)F)c2)ccc1Cc1nccc(Nc2cc(C(C)(C)C)n[nH]2)n1. The van der Waals surface area contributed by atoms with Gasteiger partial charge in [0.1, 0.15) is 17.5 Å². The third-order valence-electron chi connectivity index (χ3n) is 5.79. The maximum Gasteiger partial charge on any atom is 0.417 e. The predicted molar refractivity (Wildman–Crippen MR) is 146 cm³/mol. The summed E-state index contributed by atoms with van der Waals surface area (Å²) in [5.74, 6) is 1.94. The monoisotopic (exact) mass is 557 g/mol. The summed E-state index contributed by atoms with van der Waals surface area (Å²) in [5.41, 5.74) is 2.08. The molecule has 2 amide bonds. The Kier molecular flexibility index (Phi) is 7.82. The van der Waals surface area contributed by atoms with Crippen molar-refractivity contribution >= 4 is 40.6 Å². The molecule has 0 bridgehead atoms. The van der Waals surface area contributed by atoms with Crippen LogP contribution in [0.3, 0.4) is 0 Å². The first-order valence-electron chi connectivity index (χ1n) is 12.0. The first kappa shape index (κ1) is 27.9. The van der Waals surface area contributed by atoms with Crippen LogP contribution in [-0.2, 0) is 18.0 Å². The Morgan fingerprint density at radius 1 is 1.00 bits per heavy atom. The number of alkyl halides is 3. The van der Waals surface area contributed by atoms with E-state index in [2.05, 4.69) is 56.9 Å². The van der Waals surface area contributed by atoms with Crippen LogP contribution in [0.1, 0.15) is 49.0 Å². The van der Waals surface area contributed by atoms with Gasteiger partial charge in [0.15, 0.2) is 0 Å². The standard InChI is InChI=1S/C27H27ClF3N7O/c1-15-11-17(33-25(39)34-18-7-8-20(28)19(13-18)27(29,30)31)6-5-16(15)12-23-32-10-9-22(35-23)36-24-14-21(37-38-24)26(2,3)4/h5-11,13-14H,12H2,1-4H3,(H2,33,34,39)(H2,32,35,36,37,38). The number of amides is 2. The van der Waals surface area contributed by atoms with Crippen LogP contribution in [-0.4, -0.2) is 26.2 Å². The van der Waals surface area contributed by atoms with Gasteiger partial charge in [-0.15, -0.1) is 0 Å². The van der Waals surface area contributed by atoms with Gasteiger partial charge in [0.05, 0.1) is 16.3 Å². The van der Waals surface area contributed by atoms with Gasteiger partial charge in [-0.25, -0.2) is 14.8 Å². The topological polar surface area (TPSA) is 108 Å². The van der Waals surface area contributed by atoms with E-state index in [1.807, 2.05) is 19.1 Å². The minimum atomic E-state index is -4.63. The number of aromatic nitrogens is 4. The Hall–Kier alpha value is -4.12. The van der Waals surface area contributed by atoms with E-state index in [1.165, 1.54) is 6.07 Å². The van der Waals surface area contributed by atoms with E-state index in [4.69, 9.17) is 11.6 Å². The van der Waals surface area contributed by atoms with E-state index >= 15 is 0 Å². The number of halogens is 4. The van der Waals surface area contributed by atoms with Gasteiger partial charge in [0, 0.05) is 35.5 Å². The van der Waals surface area contributed by atoms with Crippen LogP contribution in [0.25, 0.3) is 0 Å². The van der Waals surface area contributed by atoms with Crippen molar-refractivity contribution in [3.8, 4) is 0 Å². The summed E-state index contributed by atoms with van der Waals surface area (Å²) in [4.78, 5) is 21.3. The fraction of sp³-hybridized carbons (Fsp3) is 0.259. The zero-order valence-corrected chi connectivity index (χ0v) is 22.4. The lowest BCUT2D eigenvalue weighted by Crippen LogP contribution is -2.20. The molecular formula is C27H27ClF3N7O. The first-order chi connectivity index (χ1) is 18.3. The second-order valence-corrected chi connectivity index (χ2v) is 10.4. The molecule has 12 heteroatoms. The van der Waals surface area contributed by atoms with E-state index in [1.54, 1.807) is 24.4 Å². The smallest absolute Gasteiger partial charge is 0.325 e. The van der Waals surface area contributed by atoms with Gasteiger partial charge in [-0.2, -0.15) is 18.3 Å². The fourth-order valence-corrected chi connectivity index (χ4v) is 3.94. The lowest BCUT2D eigenvalue weighted by atomic mass is 9.92. The number of nitrogens with one attached hydrogen (secondary N) is 4. The quantitative estimate of drug-likeness (QED) is 0.197. The molecule has 0 saturated carbocycles. The van der Waals surface area contributed by atoms with Gasteiger partial charge in [-0.1, -0.05) is 38.4 Å². The zero-order chi connectivity index (χ0) is 28.4. The van der Waals surface area contributed by atoms with E-state index in [0.717, 1.165) is 34.8 Å². The molecule has 39 heavy (non-hydrogen) atoms. The van der Waals surface area contributed by atoms with Crippen LogP contribution in [0.4, 0.5) is 41.0 Å². The highest BCUT2D eigenvalue weighted by Crippen LogP contribution is 2.36. The number of urea groups is 1. The number of hydrogen-bond donors (Lipinski definition) is 4. The van der Waals surface area contributed by atoms with Crippen molar-refractivity contribution in [3.05, 3.63) is 88.0 Å². The van der Waals surface area contributed by atoms with Crippen LogP contribution in [0.2, 0.25) is 5.02 Å². The molecule has 0 fully saturated rings. The Bertz CT molecular complexity index is 1500. The lowest BCUT2D eigenvalue weighted by molar-refractivity contribution is -0.137. The van der Waals surface area contributed by atoms with Gasteiger partial charge in [0.25, 0.3) is 0 Å². The molecule has 0 unspecified atom stereocenters. The third-order valence-corrected chi connectivity index (χ3v) is 6.12. The number of aryl methyl sites for hydroxylation is 1. The van der Waals surface area contributed by atoms with Crippen LogP contribution < -0.4 is 16.0 Å². The van der Waals surface area contributed by atoms with Crippen molar-refractivity contribution < 1.29 is 18.0 Å². The molecule has 0 atom stereocenters. The molecule has 4 N–H and O–H groups in total. The average Bonchev–Trinajstić information content (AvgIpc) is 3.31. The van der Waals surface area contributed by atoms with Crippen molar-refractivity contribution in [2.75, 3.05) is 16.0 Å². The summed E-state index contributed by atoms with van der Waals surface area (Å²) in [6, 6.07) is 11.5.